The molecule has 8 nitrogen and oxygen atoms in total. The Kier molecular flexibility index (Phi) is 8.73. The second-order valence-corrected chi connectivity index (χ2v) is 10.2. The van der Waals surface area contributed by atoms with Crippen molar-refractivity contribution in [3.63, 3.8) is 0 Å². The number of hydrogen-bond donors (Lipinski definition) is 0. The molecule has 0 radical (unpaired) electrons. The third-order valence-electron chi connectivity index (χ3n) is 6.40. The Bertz CT molecular complexity index is 1810. The molecule has 1 atom stereocenters. The van der Waals surface area contributed by atoms with E-state index in [1.165, 1.54) is 28.0 Å². The highest BCUT2D eigenvalue weighted by Crippen LogP contribution is 2.35. The van der Waals surface area contributed by atoms with Crippen LogP contribution in [0.1, 0.15) is 36.6 Å². The lowest BCUT2D eigenvalue weighted by Crippen LogP contribution is -2.40. The summed E-state index contributed by atoms with van der Waals surface area (Å²) < 4.78 is 31.5. The highest BCUT2D eigenvalue weighted by atomic mass is 32.1. The summed E-state index contributed by atoms with van der Waals surface area (Å²) in [5, 5.41) is 0. The predicted octanol–water partition coefficient (Wildman–Crippen LogP) is 4.02. The number of carbonyl (C=O) groups excluding carboxylic acids is 2. The van der Waals surface area contributed by atoms with Crippen molar-refractivity contribution in [3.05, 3.63) is 127 Å². The summed E-state index contributed by atoms with van der Waals surface area (Å²) in [6.45, 7) is 3.62. The molecule has 42 heavy (non-hydrogen) atoms. The zero-order chi connectivity index (χ0) is 29.6. The zero-order valence-electron chi connectivity index (χ0n) is 22.9. The van der Waals surface area contributed by atoms with E-state index in [-0.39, 0.29) is 31.0 Å². The zero-order valence-corrected chi connectivity index (χ0v) is 23.7. The molecule has 1 aromatic heterocycles. The number of rotatable bonds is 9. The first-order valence-electron chi connectivity index (χ1n) is 13.3. The molecular weight excluding hydrogens is 559 g/mol. The largest absolute Gasteiger partial charge is 0.482 e. The molecule has 5 rings (SSSR count). The molecule has 0 saturated heterocycles. The average molecular weight is 587 g/mol. The first-order valence-corrected chi connectivity index (χ1v) is 14.1. The van der Waals surface area contributed by atoms with Crippen molar-refractivity contribution in [3.8, 4) is 5.75 Å². The first kappa shape index (κ1) is 28.7. The van der Waals surface area contributed by atoms with E-state index in [1.807, 2.05) is 30.3 Å². The Morgan fingerprint density at radius 3 is 2.31 bits per heavy atom. The minimum Gasteiger partial charge on any atom is -0.482 e. The van der Waals surface area contributed by atoms with Crippen LogP contribution in [0.15, 0.2) is 94.2 Å². The molecule has 0 amide bonds. The third-order valence-corrected chi connectivity index (χ3v) is 7.38. The van der Waals surface area contributed by atoms with Crippen LogP contribution in [0.5, 0.6) is 5.75 Å². The molecule has 1 aliphatic heterocycles. The molecule has 2 heterocycles. The van der Waals surface area contributed by atoms with Gasteiger partial charge >= 0.3 is 11.9 Å². The van der Waals surface area contributed by atoms with Crippen LogP contribution in [-0.4, -0.2) is 36.3 Å². The predicted molar refractivity (Wildman–Crippen MR) is 156 cm³/mol. The van der Waals surface area contributed by atoms with Gasteiger partial charge < -0.3 is 14.2 Å². The summed E-state index contributed by atoms with van der Waals surface area (Å²) in [6, 6.07) is 20.9. The normalized spacial score (nSPS) is 14.6. The van der Waals surface area contributed by atoms with E-state index in [0.29, 0.717) is 31.9 Å². The summed E-state index contributed by atoms with van der Waals surface area (Å²) in [5.41, 5.74) is 2.16. The number of thiazole rings is 1. The molecule has 0 aliphatic carbocycles. The fourth-order valence-electron chi connectivity index (χ4n) is 4.56. The van der Waals surface area contributed by atoms with Gasteiger partial charge in [-0.1, -0.05) is 65.9 Å². The van der Waals surface area contributed by atoms with Crippen molar-refractivity contribution >= 4 is 35.0 Å². The lowest BCUT2D eigenvalue weighted by Gasteiger charge is -2.25. The number of halogens is 1. The molecule has 214 valence electrons. The Morgan fingerprint density at radius 1 is 0.952 bits per heavy atom. The van der Waals surface area contributed by atoms with Gasteiger partial charge in [0.1, 0.15) is 11.6 Å². The molecule has 1 aliphatic rings. The van der Waals surface area contributed by atoms with Crippen LogP contribution < -0.4 is 19.6 Å². The summed E-state index contributed by atoms with van der Waals surface area (Å²) >= 11 is 1.18. The molecule has 0 bridgehead atoms. The molecule has 3 aromatic carbocycles. The maximum Gasteiger partial charge on any atom is 0.344 e. The van der Waals surface area contributed by atoms with E-state index in [9.17, 15) is 18.8 Å². The second kappa shape index (κ2) is 12.8. The SMILES string of the molecule is CCOC(=O)COc1ccc(/C=c2/sc3n(c2=O)C(c2ccc(F)cc2)C(C(=O)OCC)=C(c2ccccc2)N=3)cc1. The number of carbonyl (C=O) groups is 2. The molecule has 0 spiro atoms. The maximum absolute atomic E-state index is 13.9. The van der Waals surface area contributed by atoms with E-state index in [0.717, 1.165) is 5.56 Å². The second-order valence-electron chi connectivity index (χ2n) is 9.15. The van der Waals surface area contributed by atoms with Gasteiger partial charge in [-0.25, -0.2) is 19.0 Å². The molecule has 0 fully saturated rings. The van der Waals surface area contributed by atoms with Crippen molar-refractivity contribution in [2.75, 3.05) is 19.8 Å². The van der Waals surface area contributed by atoms with Crippen LogP contribution >= 0.6 is 11.3 Å². The Balaban J connectivity index is 1.63. The van der Waals surface area contributed by atoms with E-state index in [2.05, 4.69) is 0 Å². The van der Waals surface area contributed by atoms with Gasteiger partial charge in [-0.2, -0.15) is 0 Å². The molecule has 1 unspecified atom stereocenters. The number of hydrogen-bond acceptors (Lipinski definition) is 8. The fraction of sp³-hybridized carbons (Fsp3) is 0.188. The Morgan fingerprint density at radius 2 is 1.64 bits per heavy atom. The summed E-state index contributed by atoms with van der Waals surface area (Å²) in [4.78, 5) is 44.1. The Hall–Kier alpha value is -4.83. The van der Waals surface area contributed by atoms with Gasteiger partial charge in [-0.15, -0.1) is 0 Å². The minimum absolute atomic E-state index is 0.129. The Labute approximate surface area is 244 Å². The third kappa shape index (κ3) is 6.08. The number of nitrogens with zero attached hydrogens (tertiary/aromatic N) is 2. The monoisotopic (exact) mass is 586 g/mol. The van der Waals surface area contributed by atoms with Gasteiger partial charge in [0, 0.05) is 5.56 Å². The van der Waals surface area contributed by atoms with Crippen molar-refractivity contribution in [1.82, 2.24) is 4.57 Å². The van der Waals surface area contributed by atoms with Crippen molar-refractivity contribution in [2.45, 2.75) is 19.9 Å². The van der Waals surface area contributed by atoms with Crippen LogP contribution in [0.3, 0.4) is 0 Å². The molecule has 0 saturated carbocycles. The van der Waals surface area contributed by atoms with Crippen LogP contribution in [0.2, 0.25) is 0 Å². The van der Waals surface area contributed by atoms with Crippen LogP contribution in [0.25, 0.3) is 11.8 Å². The number of benzene rings is 3. The van der Waals surface area contributed by atoms with Gasteiger partial charge in [0.05, 0.1) is 35.1 Å². The van der Waals surface area contributed by atoms with E-state index < -0.39 is 23.8 Å². The van der Waals surface area contributed by atoms with Crippen molar-refractivity contribution < 1.29 is 28.2 Å². The molecule has 10 heteroatoms. The van der Waals surface area contributed by atoms with Gasteiger partial charge in [0.15, 0.2) is 11.4 Å². The molecular formula is C32H27FN2O6S. The number of ether oxygens (including phenoxy) is 3. The van der Waals surface area contributed by atoms with Gasteiger partial charge in [-0.3, -0.25) is 9.36 Å². The standard InChI is InChI=1S/C32H27FN2O6S/c1-3-39-26(36)19-41-24-16-10-20(11-17-24)18-25-30(37)35-29(22-12-14-23(33)15-13-22)27(31(38)40-4-2)28(34-32(35)42-25)21-8-6-5-7-9-21/h5-18,29H,3-4,19H2,1-2H3/b25-18+. The van der Waals surface area contributed by atoms with Crippen LogP contribution in [-0.2, 0) is 19.1 Å². The number of aromatic nitrogens is 1. The van der Waals surface area contributed by atoms with E-state index in [4.69, 9.17) is 19.2 Å². The molecule has 4 aromatic rings. The lowest BCUT2D eigenvalue weighted by atomic mass is 9.93. The van der Waals surface area contributed by atoms with Crippen molar-refractivity contribution in [1.29, 1.82) is 0 Å². The fourth-order valence-corrected chi connectivity index (χ4v) is 5.56. The topological polar surface area (TPSA) is 96.2 Å². The summed E-state index contributed by atoms with van der Waals surface area (Å²) in [7, 11) is 0. The minimum atomic E-state index is -0.892. The van der Waals surface area contributed by atoms with Crippen molar-refractivity contribution in [2.24, 2.45) is 4.99 Å². The van der Waals surface area contributed by atoms with Crippen LogP contribution in [0, 0.1) is 5.82 Å². The van der Waals surface area contributed by atoms with E-state index >= 15 is 0 Å². The van der Waals surface area contributed by atoms with Gasteiger partial charge in [-0.05, 0) is 55.3 Å². The molecule has 0 N–H and O–H groups in total. The summed E-state index contributed by atoms with van der Waals surface area (Å²) in [5.74, 6) is -1.03. The number of fused-ring (bicyclic) bond motifs is 1. The maximum atomic E-state index is 13.9. The average Bonchev–Trinajstić information content (AvgIpc) is 3.31. The highest BCUT2D eigenvalue weighted by molar-refractivity contribution is 7.07. The smallest absolute Gasteiger partial charge is 0.344 e. The van der Waals surface area contributed by atoms with E-state index in [1.54, 1.807) is 56.3 Å². The summed E-state index contributed by atoms with van der Waals surface area (Å²) in [6.07, 6.45) is 1.72. The highest BCUT2D eigenvalue weighted by Gasteiger charge is 2.35. The number of esters is 2. The lowest BCUT2D eigenvalue weighted by molar-refractivity contribution is -0.145. The van der Waals surface area contributed by atoms with Gasteiger partial charge in [0.2, 0.25) is 0 Å². The van der Waals surface area contributed by atoms with Crippen LogP contribution in [0.4, 0.5) is 4.39 Å². The quantitative estimate of drug-likeness (QED) is 0.275. The van der Waals surface area contributed by atoms with Gasteiger partial charge in [0.25, 0.3) is 5.56 Å². The first-order chi connectivity index (χ1) is 20.4.